The van der Waals surface area contributed by atoms with E-state index in [1.165, 1.54) is 80.3 Å². The molecule has 0 unspecified atom stereocenters. The number of ether oxygens (including phenoxy) is 1. The third kappa shape index (κ3) is 9.05. The van der Waals surface area contributed by atoms with Gasteiger partial charge >= 0.3 is 478 Å². The van der Waals surface area contributed by atoms with E-state index in [9.17, 15) is 0 Å². The van der Waals surface area contributed by atoms with Crippen LogP contribution in [0.2, 0.25) is 0 Å². The maximum atomic E-state index is 7.91. The van der Waals surface area contributed by atoms with Crippen LogP contribution < -0.4 is 62.0 Å². The molecule has 15 aromatic carbocycles. The molecule has 11 heteroatoms. The molecular formula is C90H55B2N5OTe3. The van der Waals surface area contributed by atoms with Gasteiger partial charge < -0.3 is 9.80 Å². The standard InChI is InChI=1S/C90H55B2N5OTe3/c1-5-23-56(24-6-1)93(57-25-7-2-8-26-57)64-52-80-90-82(53-64)98-81-55-77-73(54-74(81)92(90)72-35-17-18-36-75(72)95(80)59-29-11-4-12-30-59)91-71-34-16-19-37-76(71)96(61-42-45-87-69(48-61)66-32-14-21-39-84(66)100-87)78-50-63(51-79(89(78)91)97(77)62-43-46-88-70(49-62)67-33-15-22-40-85(67)101-88)94(58-27-9-3-10-28-58)60-41-44-86-68(47-60)65-31-13-20-38-83(65)99-86/h1-55H. The molecule has 0 N–H and O–H groups in total. The minimum absolute atomic E-state index is 0.187. The molecule has 4 aliphatic rings. The molecule has 7 heterocycles. The Balaban J connectivity index is 0.843. The molecule has 3 aromatic heterocycles. The zero-order chi connectivity index (χ0) is 66.0. The first-order chi connectivity index (χ1) is 50.1. The Labute approximate surface area is 614 Å². The van der Waals surface area contributed by atoms with Gasteiger partial charge in [-0.05, 0) is 48.5 Å². The predicted octanol–water partition coefficient (Wildman–Crippen LogP) is 19.2. The summed E-state index contributed by atoms with van der Waals surface area (Å²) in [6, 6.07) is 126. The minimum Gasteiger partial charge on any atom is -0.0602 e. The number of fused-ring (bicyclic) bond motifs is 17. The van der Waals surface area contributed by atoms with Crippen molar-refractivity contribution in [3.05, 3.63) is 334 Å². The number of nitrogens with zero attached hydrogens (tertiary/aromatic N) is 5. The predicted molar refractivity (Wildman–Crippen MR) is 432 cm³/mol. The molecule has 0 saturated carbocycles. The summed E-state index contributed by atoms with van der Waals surface area (Å²) >= 11 is -1.71. The zero-order valence-electron chi connectivity index (χ0n) is 54.3. The number of anilines is 15. The molecule has 101 heavy (non-hydrogen) atoms. The Bertz CT molecular complexity index is 6420. The second-order valence-electron chi connectivity index (χ2n) is 26.7. The second kappa shape index (κ2) is 23.1. The monoisotopic (exact) mass is 1630 g/mol. The van der Waals surface area contributed by atoms with Crippen molar-refractivity contribution in [3.63, 3.8) is 0 Å². The van der Waals surface area contributed by atoms with Crippen molar-refractivity contribution in [3.8, 4) is 11.5 Å². The van der Waals surface area contributed by atoms with Crippen molar-refractivity contribution in [1.29, 1.82) is 0 Å². The average molecular weight is 1630 g/mol. The topological polar surface area (TPSA) is 25.4 Å². The van der Waals surface area contributed by atoms with Gasteiger partial charge in [0.05, 0.1) is 0 Å². The van der Waals surface area contributed by atoms with Gasteiger partial charge in [0.25, 0.3) is 0 Å². The maximum absolute atomic E-state index is 7.91. The summed E-state index contributed by atoms with van der Waals surface area (Å²) in [6.07, 6.45) is 0. The fourth-order valence-electron chi connectivity index (χ4n) is 17.0. The molecule has 4 aliphatic heterocycles. The summed E-state index contributed by atoms with van der Waals surface area (Å²) in [5.41, 5.74) is 23.9. The van der Waals surface area contributed by atoms with Gasteiger partial charge in [-0.15, -0.1) is 0 Å². The third-order valence-corrected chi connectivity index (χ3v) is 31.0. The van der Waals surface area contributed by atoms with Crippen molar-refractivity contribution in [2.45, 2.75) is 0 Å². The molecule has 0 fully saturated rings. The van der Waals surface area contributed by atoms with Crippen LogP contribution in [0.3, 0.4) is 0 Å². The first-order valence-corrected chi connectivity index (χ1v) is 41.4. The Morgan fingerprint density at radius 1 is 0.228 bits per heavy atom. The van der Waals surface area contributed by atoms with Gasteiger partial charge in [-0.1, -0.05) is 66.7 Å². The van der Waals surface area contributed by atoms with E-state index in [0.29, 0.717) is 0 Å². The molecule has 6 nitrogen and oxygen atoms in total. The molecular weight excluding hydrogens is 1570 g/mol. The van der Waals surface area contributed by atoms with E-state index in [1.807, 2.05) is 0 Å². The second-order valence-corrected chi connectivity index (χ2v) is 35.9. The van der Waals surface area contributed by atoms with E-state index in [4.69, 9.17) is 4.74 Å². The van der Waals surface area contributed by atoms with Gasteiger partial charge in [-0.3, -0.25) is 0 Å². The quantitative estimate of drug-likeness (QED) is 0.134. The van der Waals surface area contributed by atoms with E-state index in [2.05, 4.69) is 358 Å². The number of hydrogen-bond acceptors (Lipinski definition) is 6. The van der Waals surface area contributed by atoms with E-state index >= 15 is 0 Å². The van der Waals surface area contributed by atoms with E-state index in [1.54, 1.807) is 0 Å². The van der Waals surface area contributed by atoms with Crippen LogP contribution in [-0.2, 0) is 0 Å². The SMILES string of the molecule is c1ccc(N(c2ccccc2)c2cc3c4c(c2)N(c2ccccc2)c2ccccc2B4c2cc4c(cc2O3)N(c2ccc3[te]c5ccccc5c3c2)c2cc(N(c3ccccc3)c3ccc5[te]c6ccccc6c5c3)cc3c2B4c2ccccc2N3c2ccc3[te]c4ccccc4c3c2)cc1. The molecule has 18 aromatic rings. The Morgan fingerprint density at radius 2 is 0.624 bits per heavy atom. The summed E-state index contributed by atoms with van der Waals surface area (Å²) in [6.45, 7) is -0.380. The number of benzene rings is 15. The number of hydrogen-bond donors (Lipinski definition) is 0. The fraction of sp³-hybridized carbons (Fsp3) is 0. The van der Waals surface area contributed by atoms with Crippen LogP contribution in [0.15, 0.2) is 334 Å². The van der Waals surface area contributed by atoms with Crippen molar-refractivity contribution >= 4 is 246 Å². The molecule has 470 valence electrons. The van der Waals surface area contributed by atoms with Crippen LogP contribution in [0, 0.1) is 0 Å². The van der Waals surface area contributed by atoms with Gasteiger partial charge in [-0.25, -0.2) is 0 Å². The van der Waals surface area contributed by atoms with Gasteiger partial charge in [0.15, 0.2) is 0 Å². The maximum Gasteiger partial charge on any atom is -0.0380 e. The Morgan fingerprint density at radius 3 is 1.16 bits per heavy atom. The van der Waals surface area contributed by atoms with Gasteiger partial charge in [0, 0.05) is 17.1 Å². The van der Waals surface area contributed by atoms with Crippen LogP contribution in [0.1, 0.15) is 0 Å². The molecule has 0 spiro atoms. The number of para-hydroxylation sites is 6. The van der Waals surface area contributed by atoms with Gasteiger partial charge in [-0.2, -0.15) is 0 Å². The van der Waals surface area contributed by atoms with Gasteiger partial charge in [0.1, 0.15) is 0 Å². The number of rotatable bonds is 9. The molecule has 0 radical (unpaired) electrons. The first kappa shape index (κ1) is 58.4. The molecule has 0 amide bonds. The van der Waals surface area contributed by atoms with Crippen LogP contribution in [-0.4, -0.2) is 74.7 Å². The normalized spacial score (nSPS) is 13.1. The van der Waals surface area contributed by atoms with Crippen molar-refractivity contribution in [2.24, 2.45) is 0 Å². The summed E-state index contributed by atoms with van der Waals surface area (Å²) in [7, 11) is 0. The van der Waals surface area contributed by atoms with Crippen molar-refractivity contribution in [2.75, 3.05) is 24.5 Å². The zero-order valence-corrected chi connectivity index (χ0v) is 61.3. The molecule has 0 aliphatic carbocycles. The molecule has 22 rings (SSSR count). The van der Waals surface area contributed by atoms with Crippen molar-refractivity contribution < 1.29 is 4.74 Å². The molecule has 0 saturated heterocycles. The van der Waals surface area contributed by atoms with Crippen LogP contribution in [0.5, 0.6) is 11.5 Å². The Kier molecular flexibility index (Phi) is 13.3. The average Bonchev–Trinajstić information content (AvgIpc) is 1.43. The fourth-order valence-corrected chi connectivity index (χ4v) is 26.3. The largest absolute Gasteiger partial charge is 0.0602 e. The summed E-state index contributed by atoms with van der Waals surface area (Å²) in [5.74, 6) is 1.69. The summed E-state index contributed by atoms with van der Waals surface area (Å²) in [4.78, 5) is 12.6. The first-order valence-electron chi connectivity index (χ1n) is 34.4. The molecule has 0 bridgehead atoms. The summed E-state index contributed by atoms with van der Waals surface area (Å²) in [5, 5.41) is 8.14. The molecule has 0 atom stereocenters. The van der Waals surface area contributed by atoms with Crippen molar-refractivity contribution in [1.82, 2.24) is 0 Å². The third-order valence-electron chi connectivity index (χ3n) is 21.2. The van der Waals surface area contributed by atoms with E-state index in [-0.39, 0.29) is 13.4 Å². The van der Waals surface area contributed by atoms with E-state index < -0.39 is 61.3 Å². The Hall–Kier alpha value is -10.4. The van der Waals surface area contributed by atoms with Crippen LogP contribution >= 0.6 is 0 Å². The summed E-state index contributed by atoms with van der Waals surface area (Å²) < 4.78 is 16.9. The van der Waals surface area contributed by atoms with Gasteiger partial charge in [0.2, 0.25) is 0 Å². The van der Waals surface area contributed by atoms with Crippen LogP contribution in [0.4, 0.5) is 85.3 Å². The van der Waals surface area contributed by atoms with Crippen LogP contribution in [0.25, 0.3) is 52.7 Å². The smallest absolute Gasteiger partial charge is 0.0380 e. The minimum atomic E-state index is -0.609. The van der Waals surface area contributed by atoms with E-state index in [0.717, 1.165) is 102 Å².